The van der Waals surface area contributed by atoms with E-state index in [1.807, 2.05) is 27.7 Å². The van der Waals surface area contributed by atoms with Gasteiger partial charge in [0, 0.05) is 29.0 Å². The number of nitrogens with two attached hydrogens (primary N) is 1. The van der Waals surface area contributed by atoms with Crippen LogP contribution in [0.15, 0.2) is 0 Å². The number of nitrogens with one attached hydrogen (secondary N) is 1. The lowest BCUT2D eigenvalue weighted by Gasteiger charge is -2.62. The minimum atomic E-state index is -0.566. The van der Waals surface area contributed by atoms with Crippen molar-refractivity contribution in [2.24, 2.45) is 45.7 Å². The maximum Gasteiger partial charge on any atom is 0.316 e. The molecule has 0 radical (unpaired) electrons. The van der Waals surface area contributed by atoms with Gasteiger partial charge in [-0.05, 0) is 74.5 Å². The van der Waals surface area contributed by atoms with Gasteiger partial charge in [-0.25, -0.2) is 0 Å². The molecule has 7 nitrogen and oxygen atoms in total. The Morgan fingerprint density at radius 1 is 1.23 bits per heavy atom. The fraction of sp³-hybridized carbons (Fsp3) is 0.903. The van der Waals surface area contributed by atoms with E-state index in [4.69, 9.17) is 10.5 Å². The molecule has 3 saturated carbocycles. The maximum atomic E-state index is 13.6. The van der Waals surface area contributed by atoms with Crippen molar-refractivity contribution >= 4 is 29.4 Å². The zero-order valence-corrected chi connectivity index (χ0v) is 26.6. The number of esters is 1. The summed E-state index contributed by atoms with van der Waals surface area (Å²) in [5.74, 6) is -0.000426. The number of carbonyl (C=O) groups is 3. The Hall–Kier alpha value is -1.12. The Morgan fingerprint density at radius 3 is 2.46 bits per heavy atom. The Balaban J connectivity index is 1.81. The molecular formula is C31H54N2O5S. The number of ketones is 1. The molecule has 3 aliphatic carbocycles. The third-order valence-electron chi connectivity index (χ3n) is 11.3. The average molecular weight is 567 g/mol. The molecule has 0 aromatic rings. The smallest absolute Gasteiger partial charge is 0.316 e. The van der Waals surface area contributed by atoms with Crippen LogP contribution in [-0.2, 0) is 19.1 Å². The molecule has 0 unspecified atom stereocenters. The lowest BCUT2D eigenvalue weighted by atomic mass is 9.43. The molecule has 0 saturated heterocycles. The van der Waals surface area contributed by atoms with Gasteiger partial charge < -0.3 is 20.9 Å². The Kier molecular flexibility index (Phi) is 9.66. The number of amides is 1. The average Bonchev–Trinajstić information content (AvgIpc) is 3.24. The normalized spacial score (nSPS) is 39.5. The maximum absolute atomic E-state index is 13.6. The minimum absolute atomic E-state index is 0.0118. The van der Waals surface area contributed by atoms with E-state index in [0.29, 0.717) is 19.4 Å². The predicted octanol–water partition coefficient (Wildman–Crippen LogP) is 4.73. The quantitative estimate of drug-likeness (QED) is 0.345. The first kappa shape index (κ1) is 32.4. The van der Waals surface area contributed by atoms with Gasteiger partial charge in [0.15, 0.2) is 0 Å². The molecular weight excluding hydrogens is 512 g/mol. The highest BCUT2D eigenvalue weighted by atomic mass is 32.2. The van der Waals surface area contributed by atoms with Crippen LogP contribution < -0.4 is 11.1 Å². The number of Topliss-reactive ketones (excluding diaryl/α,β-unsaturated/α-hetero) is 1. The number of rotatable bonds is 9. The van der Waals surface area contributed by atoms with Crippen molar-refractivity contribution in [3.63, 3.8) is 0 Å². The first-order valence-corrected chi connectivity index (χ1v) is 16.0. The SMILES string of the molecule is CC[C@@]1(C)C[C@H](OC(=O)CSC(C)(C)CNC(=O)[C@@H](N)C(C)C)[C@@]2(C)[C@@H](C)CC[C@@]3(CCC(=O)[C@@H]32)[C@H](C)[C@H]1O. The molecule has 224 valence electrons. The molecule has 3 aliphatic rings. The Labute approximate surface area is 240 Å². The lowest BCUT2D eigenvalue weighted by molar-refractivity contribution is -0.211. The molecule has 0 heterocycles. The molecule has 0 spiro atoms. The summed E-state index contributed by atoms with van der Waals surface area (Å²) in [6.07, 6.45) is 3.56. The fourth-order valence-corrected chi connectivity index (χ4v) is 8.68. The van der Waals surface area contributed by atoms with Crippen molar-refractivity contribution < 1.29 is 24.2 Å². The molecule has 3 rings (SSSR count). The second-order valence-corrected chi connectivity index (χ2v) is 16.1. The van der Waals surface area contributed by atoms with Crippen molar-refractivity contribution in [3.05, 3.63) is 0 Å². The van der Waals surface area contributed by atoms with Crippen molar-refractivity contribution in [3.8, 4) is 0 Å². The second kappa shape index (κ2) is 11.6. The van der Waals surface area contributed by atoms with E-state index in [1.54, 1.807) is 0 Å². The van der Waals surface area contributed by atoms with E-state index in [2.05, 4.69) is 39.9 Å². The number of ether oxygens (including phenoxy) is 1. The van der Waals surface area contributed by atoms with Crippen LogP contribution >= 0.6 is 11.8 Å². The number of carbonyl (C=O) groups excluding carboxylic acids is 3. The molecule has 0 aromatic heterocycles. The van der Waals surface area contributed by atoms with E-state index in [-0.39, 0.29) is 52.5 Å². The van der Waals surface area contributed by atoms with Crippen LogP contribution in [0.4, 0.5) is 0 Å². The monoisotopic (exact) mass is 566 g/mol. The molecule has 0 aliphatic heterocycles. The standard InChI is InChI=1S/C31H54N2O5S/c1-10-29(8)15-22(38-23(35)16-39-28(6,7)17-33-27(37)24(32)18(2)3)30(9)19(4)11-13-31(20(5)26(29)36)14-12-21(34)25(30)31/h18-20,22,24-26,36H,10-17,32H2,1-9H3,(H,33,37)/t19-,20+,22-,24-,25+,26+,29-,30+,31+/m0/s1. The first-order chi connectivity index (χ1) is 17.9. The number of thioether (sulfide) groups is 1. The molecule has 39 heavy (non-hydrogen) atoms. The fourth-order valence-electron chi connectivity index (χ4n) is 7.93. The van der Waals surface area contributed by atoms with Gasteiger partial charge in [0.25, 0.3) is 0 Å². The summed E-state index contributed by atoms with van der Waals surface area (Å²) in [4.78, 5) is 39.3. The van der Waals surface area contributed by atoms with Gasteiger partial charge in [0.05, 0.1) is 17.9 Å². The summed E-state index contributed by atoms with van der Waals surface area (Å²) in [6, 6.07) is -0.565. The second-order valence-electron chi connectivity index (χ2n) is 14.4. The predicted molar refractivity (Wildman–Crippen MR) is 157 cm³/mol. The van der Waals surface area contributed by atoms with Crippen LogP contribution in [0.2, 0.25) is 0 Å². The third kappa shape index (κ3) is 5.94. The van der Waals surface area contributed by atoms with E-state index in [1.165, 1.54) is 11.8 Å². The number of aliphatic hydroxyl groups excluding tert-OH is 1. The van der Waals surface area contributed by atoms with E-state index in [9.17, 15) is 19.5 Å². The Morgan fingerprint density at radius 2 is 1.87 bits per heavy atom. The topological polar surface area (TPSA) is 119 Å². The van der Waals surface area contributed by atoms with Gasteiger partial charge in [-0.1, -0.05) is 48.5 Å². The van der Waals surface area contributed by atoms with Crippen LogP contribution in [0.25, 0.3) is 0 Å². The van der Waals surface area contributed by atoms with Crippen LogP contribution in [-0.4, -0.2) is 58.1 Å². The summed E-state index contributed by atoms with van der Waals surface area (Å²) in [7, 11) is 0. The summed E-state index contributed by atoms with van der Waals surface area (Å²) in [5.41, 5.74) is 4.82. The van der Waals surface area contributed by atoms with Crippen LogP contribution in [0, 0.1) is 39.9 Å². The van der Waals surface area contributed by atoms with E-state index < -0.39 is 33.8 Å². The summed E-state index contributed by atoms with van der Waals surface area (Å²) >= 11 is 1.45. The summed E-state index contributed by atoms with van der Waals surface area (Å²) in [6.45, 7) is 19.0. The van der Waals surface area contributed by atoms with Crippen LogP contribution in [0.5, 0.6) is 0 Å². The van der Waals surface area contributed by atoms with Gasteiger partial charge in [0.1, 0.15) is 11.9 Å². The molecule has 0 aromatic carbocycles. The van der Waals surface area contributed by atoms with Crippen molar-refractivity contribution in [1.82, 2.24) is 5.32 Å². The van der Waals surface area contributed by atoms with Crippen LogP contribution in [0.1, 0.15) is 101 Å². The molecule has 2 bridgehead atoms. The summed E-state index contributed by atoms with van der Waals surface area (Å²) in [5, 5.41) is 14.7. The molecule has 1 amide bonds. The lowest BCUT2D eigenvalue weighted by Crippen LogP contribution is -2.63. The first-order valence-electron chi connectivity index (χ1n) is 15.0. The van der Waals surface area contributed by atoms with Gasteiger partial charge in [-0.15, -0.1) is 11.8 Å². The van der Waals surface area contributed by atoms with E-state index >= 15 is 0 Å². The third-order valence-corrected chi connectivity index (χ3v) is 12.6. The van der Waals surface area contributed by atoms with Gasteiger partial charge in [-0.2, -0.15) is 0 Å². The van der Waals surface area contributed by atoms with Gasteiger partial charge in [0.2, 0.25) is 5.91 Å². The highest BCUT2D eigenvalue weighted by Crippen LogP contribution is 2.68. The van der Waals surface area contributed by atoms with Crippen molar-refractivity contribution in [2.75, 3.05) is 12.3 Å². The molecule has 3 fully saturated rings. The van der Waals surface area contributed by atoms with E-state index in [0.717, 1.165) is 25.7 Å². The highest BCUT2D eigenvalue weighted by molar-refractivity contribution is 8.01. The number of aliphatic hydroxyl groups is 1. The van der Waals surface area contributed by atoms with Gasteiger partial charge in [-0.3, -0.25) is 14.4 Å². The van der Waals surface area contributed by atoms with Gasteiger partial charge >= 0.3 is 5.97 Å². The Bertz CT molecular complexity index is 940. The number of hydrogen-bond acceptors (Lipinski definition) is 7. The minimum Gasteiger partial charge on any atom is -0.461 e. The van der Waals surface area contributed by atoms with Crippen molar-refractivity contribution in [1.29, 1.82) is 0 Å². The zero-order valence-electron chi connectivity index (χ0n) is 25.8. The molecule has 8 heteroatoms. The largest absolute Gasteiger partial charge is 0.461 e. The van der Waals surface area contributed by atoms with Crippen LogP contribution in [0.3, 0.4) is 0 Å². The highest BCUT2D eigenvalue weighted by Gasteiger charge is 2.68. The summed E-state index contributed by atoms with van der Waals surface area (Å²) < 4.78 is 5.99. The molecule has 4 N–H and O–H groups in total. The molecule has 9 atom stereocenters. The van der Waals surface area contributed by atoms with Crippen molar-refractivity contribution in [2.45, 2.75) is 124 Å². The zero-order chi connectivity index (χ0) is 29.6. The number of hydrogen-bond donors (Lipinski definition) is 3.